The van der Waals surface area contributed by atoms with Crippen LogP contribution in [0.4, 0.5) is 18.9 Å². The van der Waals surface area contributed by atoms with Crippen molar-refractivity contribution >= 4 is 56.4 Å². The Bertz CT molecular complexity index is 737. The first-order valence-electron chi connectivity index (χ1n) is 6.47. The van der Waals surface area contributed by atoms with E-state index in [1.807, 2.05) is 0 Å². The minimum atomic E-state index is -4.95. The Morgan fingerprint density at radius 3 is 2.08 bits per heavy atom. The van der Waals surface area contributed by atoms with E-state index in [1.54, 1.807) is 6.07 Å². The summed E-state index contributed by atoms with van der Waals surface area (Å²) in [4.78, 5) is 0. The molecular weight excluding hydrogens is 453 g/mol. The summed E-state index contributed by atoms with van der Waals surface area (Å²) in [5.41, 5.74) is -3.32. The Kier molecular flexibility index (Phi) is 5.98. The number of alkyl halides is 3. The summed E-state index contributed by atoms with van der Waals surface area (Å²) in [6, 6.07) is 7.87. The summed E-state index contributed by atoms with van der Waals surface area (Å²) < 4.78 is 41.1. The van der Waals surface area contributed by atoms with Crippen LogP contribution in [0, 0.1) is 0 Å². The first kappa shape index (κ1) is 19.7. The highest BCUT2D eigenvalue weighted by Gasteiger charge is 2.55. The lowest BCUT2D eigenvalue weighted by Crippen LogP contribution is -2.47. The summed E-state index contributed by atoms with van der Waals surface area (Å²) in [5.74, 6) is 0. The van der Waals surface area contributed by atoms with Crippen molar-refractivity contribution in [2.45, 2.75) is 11.8 Å². The van der Waals surface area contributed by atoms with Gasteiger partial charge < -0.3 is 10.4 Å². The van der Waals surface area contributed by atoms with Crippen LogP contribution in [-0.2, 0) is 5.60 Å². The van der Waals surface area contributed by atoms with Crippen LogP contribution in [0.1, 0.15) is 5.56 Å². The lowest BCUT2D eigenvalue weighted by molar-refractivity contribution is -0.260. The lowest BCUT2D eigenvalue weighted by Gasteiger charge is -2.31. The van der Waals surface area contributed by atoms with Gasteiger partial charge in [-0.1, -0.05) is 34.8 Å². The predicted molar refractivity (Wildman–Crippen MR) is 94.1 cm³/mol. The fraction of sp³-hybridized carbons (Fsp3) is 0.200. The van der Waals surface area contributed by atoms with E-state index in [9.17, 15) is 18.3 Å². The van der Waals surface area contributed by atoms with Gasteiger partial charge in [-0.05, 0) is 57.9 Å². The number of benzene rings is 2. The highest BCUT2D eigenvalue weighted by atomic mass is 79.9. The van der Waals surface area contributed by atoms with Crippen molar-refractivity contribution in [3.8, 4) is 0 Å². The first-order chi connectivity index (χ1) is 11.0. The zero-order chi connectivity index (χ0) is 18.1. The Morgan fingerprint density at radius 2 is 1.58 bits per heavy atom. The highest BCUT2D eigenvalue weighted by molar-refractivity contribution is 9.10. The van der Waals surface area contributed by atoms with Gasteiger partial charge in [0.05, 0.1) is 11.6 Å². The molecule has 0 aliphatic carbocycles. The number of anilines is 1. The standard InChI is InChI=1S/C15H10BrCl3F3NO/c16-12-2-1-11(6-13(12)19)23-7-14(24,15(20,21)22)8-3-9(17)5-10(18)4-8/h1-6,23-24H,7H2. The smallest absolute Gasteiger partial charge is 0.381 e. The molecule has 0 fully saturated rings. The van der Waals surface area contributed by atoms with Crippen molar-refractivity contribution < 1.29 is 18.3 Å². The maximum absolute atomic E-state index is 13.5. The second kappa shape index (κ2) is 7.30. The molecule has 1 unspecified atom stereocenters. The van der Waals surface area contributed by atoms with Gasteiger partial charge in [-0.15, -0.1) is 0 Å². The topological polar surface area (TPSA) is 32.3 Å². The SMILES string of the molecule is OC(CNc1ccc(Br)c(Cl)c1)(c1cc(Cl)cc(Cl)c1)C(F)(F)F. The van der Waals surface area contributed by atoms with Crippen LogP contribution in [0.5, 0.6) is 0 Å². The summed E-state index contributed by atoms with van der Waals surface area (Å²) >= 11 is 20.6. The average molecular weight is 464 g/mol. The van der Waals surface area contributed by atoms with E-state index in [0.29, 0.717) is 15.2 Å². The van der Waals surface area contributed by atoms with Gasteiger partial charge in [0.25, 0.3) is 0 Å². The molecule has 0 heterocycles. The molecule has 0 saturated heterocycles. The van der Waals surface area contributed by atoms with Crippen molar-refractivity contribution in [1.29, 1.82) is 0 Å². The molecule has 0 saturated carbocycles. The molecule has 0 amide bonds. The summed E-state index contributed by atoms with van der Waals surface area (Å²) in [7, 11) is 0. The van der Waals surface area contributed by atoms with E-state index in [4.69, 9.17) is 34.8 Å². The van der Waals surface area contributed by atoms with Crippen molar-refractivity contribution in [1.82, 2.24) is 0 Å². The minimum Gasteiger partial charge on any atom is -0.381 e. The average Bonchev–Trinajstić information content (AvgIpc) is 2.46. The predicted octanol–water partition coefficient (Wildman–Crippen LogP) is 6.27. The first-order valence-corrected chi connectivity index (χ1v) is 8.40. The Hall–Kier alpha value is -0.660. The van der Waals surface area contributed by atoms with Crippen LogP contribution in [-0.4, -0.2) is 17.8 Å². The van der Waals surface area contributed by atoms with Gasteiger partial charge in [0, 0.05) is 20.2 Å². The number of hydrogen-bond acceptors (Lipinski definition) is 2. The molecule has 130 valence electrons. The highest BCUT2D eigenvalue weighted by Crippen LogP contribution is 2.41. The lowest BCUT2D eigenvalue weighted by atomic mass is 9.93. The maximum atomic E-state index is 13.5. The molecule has 2 rings (SSSR count). The molecule has 0 aliphatic rings. The molecule has 2 aromatic rings. The molecule has 0 spiro atoms. The van der Waals surface area contributed by atoms with Gasteiger partial charge in [0.15, 0.2) is 0 Å². The van der Waals surface area contributed by atoms with Gasteiger partial charge in [0.2, 0.25) is 5.60 Å². The number of rotatable bonds is 4. The maximum Gasteiger partial charge on any atom is 0.423 e. The fourth-order valence-corrected chi connectivity index (χ4v) is 2.95. The third-order valence-corrected chi connectivity index (χ3v) is 4.95. The van der Waals surface area contributed by atoms with Gasteiger partial charge >= 0.3 is 6.18 Å². The molecule has 24 heavy (non-hydrogen) atoms. The van der Waals surface area contributed by atoms with E-state index in [0.717, 1.165) is 12.1 Å². The van der Waals surface area contributed by atoms with Gasteiger partial charge in [-0.3, -0.25) is 0 Å². The van der Waals surface area contributed by atoms with Crippen LogP contribution in [0.25, 0.3) is 0 Å². The third-order valence-electron chi connectivity index (χ3n) is 3.28. The monoisotopic (exact) mass is 461 g/mol. The van der Waals surface area contributed by atoms with Crippen LogP contribution < -0.4 is 5.32 Å². The molecule has 2 nitrogen and oxygen atoms in total. The van der Waals surface area contributed by atoms with Gasteiger partial charge in [-0.2, -0.15) is 13.2 Å². The van der Waals surface area contributed by atoms with Crippen molar-refractivity contribution in [2.75, 3.05) is 11.9 Å². The molecule has 1 atom stereocenters. The number of nitrogens with one attached hydrogen (secondary N) is 1. The minimum absolute atomic E-state index is 0.00754. The van der Waals surface area contributed by atoms with E-state index in [-0.39, 0.29) is 10.0 Å². The molecule has 0 bridgehead atoms. The number of hydrogen-bond donors (Lipinski definition) is 2. The largest absolute Gasteiger partial charge is 0.423 e. The molecule has 0 radical (unpaired) electrons. The molecule has 9 heteroatoms. The molecular formula is C15H10BrCl3F3NO. The van der Waals surface area contributed by atoms with E-state index < -0.39 is 23.9 Å². The summed E-state index contributed by atoms with van der Waals surface area (Å²) in [6.07, 6.45) is -4.95. The Balaban J connectivity index is 2.36. The molecule has 2 aromatic carbocycles. The zero-order valence-corrected chi connectivity index (χ0v) is 15.6. The fourth-order valence-electron chi connectivity index (χ4n) is 1.99. The van der Waals surface area contributed by atoms with Crippen LogP contribution in [0.15, 0.2) is 40.9 Å². The number of aliphatic hydroxyl groups is 1. The Labute approximate surface area is 159 Å². The van der Waals surface area contributed by atoms with Crippen molar-refractivity contribution in [2.24, 2.45) is 0 Å². The van der Waals surface area contributed by atoms with Gasteiger partial charge in [0.1, 0.15) is 0 Å². The molecule has 0 aromatic heterocycles. The quantitative estimate of drug-likeness (QED) is 0.560. The van der Waals surface area contributed by atoms with Crippen molar-refractivity contribution in [3.63, 3.8) is 0 Å². The normalized spacial score (nSPS) is 14.3. The second-order valence-electron chi connectivity index (χ2n) is 5.00. The van der Waals surface area contributed by atoms with E-state index in [1.165, 1.54) is 18.2 Å². The number of halogens is 7. The van der Waals surface area contributed by atoms with Gasteiger partial charge in [-0.25, -0.2) is 0 Å². The van der Waals surface area contributed by atoms with Crippen LogP contribution in [0.3, 0.4) is 0 Å². The van der Waals surface area contributed by atoms with Crippen LogP contribution in [0.2, 0.25) is 15.1 Å². The molecule has 2 N–H and O–H groups in total. The third kappa shape index (κ3) is 4.29. The Morgan fingerprint density at radius 1 is 1.00 bits per heavy atom. The van der Waals surface area contributed by atoms with E-state index >= 15 is 0 Å². The summed E-state index contributed by atoms with van der Waals surface area (Å²) in [6.45, 7) is -0.842. The second-order valence-corrected chi connectivity index (χ2v) is 7.13. The van der Waals surface area contributed by atoms with Crippen molar-refractivity contribution in [3.05, 3.63) is 61.5 Å². The van der Waals surface area contributed by atoms with Crippen LogP contribution >= 0.6 is 50.7 Å². The zero-order valence-electron chi connectivity index (χ0n) is 11.8. The molecule has 0 aliphatic heterocycles. The van der Waals surface area contributed by atoms with E-state index in [2.05, 4.69) is 21.2 Å². The summed E-state index contributed by atoms with van der Waals surface area (Å²) in [5, 5.41) is 13.1.